The van der Waals surface area contributed by atoms with Crippen LogP contribution in [0, 0.1) is 0 Å². The Morgan fingerprint density at radius 1 is 1.16 bits per heavy atom. The lowest BCUT2D eigenvalue weighted by molar-refractivity contribution is 0.103. The maximum Gasteiger partial charge on any atom is 0.195 e. The SMILES string of the molecule is CCCOc1ccc(C(=O)c2ccccc2)c(N)c1. The maximum atomic E-state index is 12.3. The predicted octanol–water partition coefficient (Wildman–Crippen LogP) is 3.29. The second-order valence-corrected chi connectivity index (χ2v) is 4.29. The normalized spacial score (nSPS) is 10.2. The van der Waals surface area contributed by atoms with Gasteiger partial charge < -0.3 is 10.5 Å². The zero-order valence-corrected chi connectivity index (χ0v) is 10.9. The molecule has 0 unspecified atom stereocenters. The van der Waals surface area contributed by atoms with Gasteiger partial charge in [0.2, 0.25) is 0 Å². The van der Waals surface area contributed by atoms with E-state index in [4.69, 9.17) is 10.5 Å². The van der Waals surface area contributed by atoms with Crippen molar-refractivity contribution >= 4 is 11.5 Å². The Kier molecular flexibility index (Phi) is 4.18. The Hall–Kier alpha value is -2.29. The topological polar surface area (TPSA) is 52.3 Å². The summed E-state index contributed by atoms with van der Waals surface area (Å²) in [7, 11) is 0. The van der Waals surface area contributed by atoms with Gasteiger partial charge in [0.15, 0.2) is 5.78 Å². The summed E-state index contributed by atoms with van der Waals surface area (Å²) < 4.78 is 5.49. The van der Waals surface area contributed by atoms with Gasteiger partial charge in [-0.2, -0.15) is 0 Å². The molecule has 2 aromatic rings. The first-order valence-electron chi connectivity index (χ1n) is 6.34. The third-order valence-electron chi connectivity index (χ3n) is 2.78. The van der Waals surface area contributed by atoms with Gasteiger partial charge in [-0.25, -0.2) is 0 Å². The first kappa shape index (κ1) is 13.1. The third kappa shape index (κ3) is 3.13. The minimum atomic E-state index is -0.0693. The van der Waals surface area contributed by atoms with Crippen molar-refractivity contribution in [1.29, 1.82) is 0 Å². The summed E-state index contributed by atoms with van der Waals surface area (Å²) in [6, 6.07) is 14.3. The molecule has 0 saturated carbocycles. The largest absolute Gasteiger partial charge is 0.494 e. The van der Waals surface area contributed by atoms with Gasteiger partial charge in [-0.1, -0.05) is 37.3 Å². The van der Waals surface area contributed by atoms with Crippen molar-refractivity contribution in [2.45, 2.75) is 13.3 Å². The first-order chi connectivity index (χ1) is 9.22. The fraction of sp³-hybridized carbons (Fsp3) is 0.188. The lowest BCUT2D eigenvalue weighted by Crippen LogP contribution is -2.06. The van der Waals surface area contributed by atoms with E-state index in [2.05, 4.69) is 0 Å². The fourth-order valence-electron chi connectivity index (χ4n) is 1.80. The van der Waals surface area contributed by atoms with E-state index in [1.54, 1.807) is 30.3 Å². The first-order valence-corrected chi connectivity index (χ1v) is 6.34. The molecule has 2 rings (SSSR count). The molecule has 98 valence electrons. The summed E-state index contributed by atoms with van der Waals surface area (Å²) in [5, 5.41) is 0. The molecule has 0 heterocycles. The van der Waals surface area contributed by atoms with Crippen molar-refractivity contribution in [2.24, 2.45) is 0 Å². The summed E-state index contributed by atoms with van der Waals surface area (Å²) in [6.07, 6.45) is 0.935. The molecule has 0 aromatic heterocycles. The number of ether oxygens (including phenoxy) is 1. The number of nitrogen functional groups attached to an aromatic ring is 1. The molecule has 19 heavy (non-hydrogen) atoms. The quantitative estimate of drug-likeness (QED) is 0.659. The number of benzene rings is 2. The van der Waals surface area contributed by atoms with E-state index in [0.717, 1.165) is 6.42 Å². The van der Waals surface area contributed by atoms with E-state index in [-0.39, 0.29) is 5.78 Å². The van der Waals surface area contributed by atoms with Crippen molar-refractivity contribution in [1.82, 2.24) is 0 Å². The Balaban J connectivity index is 2.24. The molecule has 0 bridgehead atoms. The van der Waals surface area contributed by atoms with Gasteiger partial charge in [-0.05, 0) is 18.6 Å². The van der Waals surface area contributed by atoms with Crippen LogP contribution in [0.1, 0.15) is 29.3 Å². The number of ketones is 1. The number of nitrogens with two attached hydrogens (primary N) is 1. The van der Waals surface area contributed by atoms with Crippen LogP contribution >= 0.6 is 0 Å². The van der Waals surface area contributed by atoms with Crippen LogP contribution in [0.4, 0.5) is 5.69 Å². The number of hydrogen-bond acceptors (Lipinski definition) is 3. The van der Waals surface area contributed by atoms with Crippen LogP contribution in [-0.4, -0.2) is 12.4 Å². The van der Waals surface area contributed by atoms with Crippen molar-refractivity contribution in [3.8, 4) is 5.75 Å². The van der Waals surface area contributed by atoms with Crippen LogP contribution in [-0.2, 0) is 0 Å². The van der Waals surface area contributed by atoms with Crippen molar-refractivity contribution in [2.75, 3.05) is 12.3 Å². The second-order valence-electron chi connectivity index (χ2n) is 4.29. The maximum absolute atomic E-state index is 12.3. The minimum absolute atomic E-state index is 0.0693. The van der Waals surface area contributed by atoms with Crippen LogP contribution in [0.15, 0.2) is 48.5 Å². The number of anilines is 1. The van der Waals surface area contributed by atoms with E-state index in [1.165, 1.54) is 0 Å². The monoisotopic (exact) mass is 255 g/mol. The Bertz CT molecular complexity index is 564. The number of carbonyl (C=O) groups excluding carboxylic acids is 1. The summed E-state index contributed by atoms with van der Waals surface area (Å²) >= 11 is 0. The van der Waals surface area contributed by atoms with Crippen LogP contribution < -0.4 is 10.5 Å². The smallest absolute Gasteiger partial charge is 0.195 e. The fourth-order valence-corrected chi connectivity index (χ4v) is 1.80. The van der Waals surface area contributed by atoms with Crippen molar-refractivity contribution in [3.05, 3.63) is 59.7 Å². The second kappa shape index (κ2) is 6.05. The molecule has 3 heteroatoms. The lowest BCUT2D eigenvalue weighted by atomic mass is 10.0. The molecule has 0 aliphatic rings. The van der Waals surface area contributed by atoms with Gasteiger partial charge in [-0.3, -0.25) is 4.79 Å². The van der Waals surface area contributed by atoms with Crippen LogP contribution in [0.3, 0.4) is 0 Å². The van der Waals surface area contributed by atoms with Crippen LogP contribution in [0.2, 0.25) is 0 Å². The predicted molar refractivity (Wildman–Crippen MR) is 76.5 cm³/mol. The Labute approximate surface area is 113 Å². The number of rotatable bonds is 5. The average Bonchev–Trinajstić information content (AvgIpc) is 2.45. The zero-order valence-electron chi connectivity index (χ0n) is 10.9. The average molecular weight is 255 g/mol. The lowest BCUT2D eigenvalue weighted by Gasteiger charge is -2.09. The van der Waals surface area contributed by atoms with Gasteiger partial charge >= 0.3 is 0 Å². The van der Waals surface area contributed by atoms with Crippen molar-refractivity contribution < 1.29 is 9.53 Å². The minimum Gasteiger partial charge on any atom is -0.494 e. The summed E-state index contributed by atoms with van der Waals surface area (Å²) in [5.74, 6) is 0.629. The third-order valence-corrected chi connectivity index (χ3v) is 2.78. The van der Waals surface area contributed by atoms with Crippen LogP contribution in [0.25, 0.3) is 0 Å². The number of carbonyl (C=O) groups is 1. The molecule has 0 aliphatic carbocycles. The van der Waals surface area contributed by atoms with E-state index in [1.807, 2.05) is 25.1 Å². The van der Waals surface area contributed by atoms with Crippen LogP contribution in [0.5, 0.6) is 5.75 Å². The molecule has 0 amide bonds. The molecule has 2 N–H and O–H groups in total. The highest BCUT2D eigenvalue weighted by molar-refractivity contribution is 6.12. The highest BCUT2D eigenvalue weighted by atomic mass is 16.5. The molecule has 0 spiro atoms. The molecule has 3 nitrogen and oxygen atoms in total. The molecule has 2 aromatic carbocycles. The molecular formula is C16H17NO2. The highest BCUT2D eigenvalue weighted by Gasteiger charge is 2.12. The summed E-state index contributed by atoms with van der Waals surface area (Å²) in [4.78, 5) is 12.3. The van der Waals surface area contributed by atoms with Gasteiger partial charge in [0.25, 0.3) is 0 Å². The zero-order chi connectivity index (χ0) is 13.7. The molecule has 0 atom stereocenters. The van der Waals surface area contributed by atoms with Gasteiger partial charge in [0.05, 0.1) is 6.61 Å². The Morgan fingerprint density at radius 2 is 1.89 bits per heavy atom. The van der Waals surface area contributed by atoms with Gasteiger partial charge in [0, 0.05) is 22.9 Å². The van der Waals surface area contributed by atoms with E-state index < -0.39 is 0 Å². The van der Waals surface area contributed by atoms with Gasteiger partial charge in [-0.15, -0.1) is 0 Å². The van der Waals surface area contributed by atoms with Crippen molar-refractivity contribution in [3.63, 3.8) is 0 Å². The van der Waals surface area contributed by atoms with E-state index in [0.29, 0.717) is 29.2 Å². The van der Waals surface area contributed by atoms with E-state index >= 15 is 0 Å². The number of hydrogen-bond donors (Lipinski definition) is 1. The Morgan fingerprint density at radius 3 is 2.53 bits per heavy atom. The summed E-state index contributed by atoms with van der Waals surface area (Å²) in [5.41, 5.74) is 7.52. The molecular weight excluding hydrogens is 238 g/mol. The van der Waals surface area contributed by atoms with Gasteiger partial charge in [0.1, 0.15) is 5.75 Å². The highest BCUT2D eigenvalue weighted by Crippen LogP contribution is 2.22. The molecule has 0 aliphatic heterocycles. The van der Waals surface area contributed by atoms with E-state index in [9.17, 15) is 4.79 Å². The molecule has 0 fully saturated rings. The summed E-state index contributed by atoms with van der Waals surface area (Å²) in [6.45, 7) is 2.68. The molecule has 0 radical (unpaired) electrons. The standard InChI is InChI=1S/C16H17NO2/c1-2-10-19-13-8-9-14(15(17)11-13)16(18)12-6-4-3-5-7-12/h3-9,11H,2,10,17H2,1H3. The molecule has 0 saturated heterocycles.